The Bertz CT molecular complexity index is 784. The largest absolute Gasteiger partial charge is 0.392 e. The molecule has 1 aromatic carbocycles. The van der Waals surface area contributed by atoms with Crippen LogP contribution < -0.4 is 10.7 Å². The molecule has 122 valence electrons. The van der Waals surface area contributed by atoms with Gasteiger partial charge in [-0.15, -0.1) is 0 Å². The van der Waals surface area contributed by atoms with Crippen molar-refractivity contribution in [2.24, 2.45) is 0 Å². The summed E-state index contributed by atoms with van der Waals surface area (Å²) in [6, 6.07) is 6.88. The lowest BCUT2D eigenvalue weighted by atomic mass is 10.1. The number of nitrogens with zero attached hydrogens (tertiary/aromatic N) is 1. The van der Waals surface area contributed by atoms with Crippen LogP contribution in [0, 0.1) is 6.92 Å². The van der Waals surface area contributed by atoms with E-state index in [4.69, 9.17) is 0 Å². The summed E-state index contributed by atoms with van der Waals surface area (Å²) in [6.45, 7) is 4.56. The molecule has 6 nitrogen and oxygen atoms in total. The zero-order valence-electron chi connectivity index (χ0n) is 13.1. The molecule has 1 fully saturated rings. The van der Waals surface area contributed by atoms with Crippen LogP contribution in [-0.4, -0.2) is 53.2 Å². The van der Waals surface area contributed by atoms with Crippen LogP contribution in [-0.2, 0) is 0 Å². The maximum Gasteiger partial charge on any atom is 0.267 e. The maximum atomic E-state index is 12.2. The zero-order valence-corrected chi connectivity index (χ0v) is 13.1. The first-order chi connectivity index (χ1) is 11.0. The average molecular weight is 315 g/mol. The number of carbonyl (C=O) groups is 1. The molecule has 1 aliphatic rings. The van der Waals surface area contributed by atoms with E-state index in [0.29, 0.717) is 30.5 Å². The minimum atomic E-state index is -0.287. The lowest BCUT2D eigenvalue weighted by molar-refractivity contribution is 0.0944. The van der Waals surface area contributed by atoms with Crippen LogP contribution in [0.5, 0.6) is 0 Å². The average Bonchev–Trinajstić information content (AvgIpc) is 2.92. The van der Waals surface area contributed by atoms with Crippen molar-refractivity contribution in [3.8, 4) is 0 Å². The second-order valence-corrected chi connectivity index (χ2v) is 6.04. The Morgan fingerprint density at radius 2 is 2.30 bits per heavy atom. The smallest absolute Gasteiger partial charge is 0.267 e. The minimum absolute atomic E-state index is 0.148. The van der Waals surface area contributed by atoms with Crippen molar-refractivity contribution in [3.63, 3.8) is 0 Å². The van der Waals surface area contributed by atoms with Gasteiger partial charge in [-0.25, -0.2) is 0 Å². The monoisotopic (exact) mass is 315 g/mol. The molecule has 0 unspecified atom stereocenters. The molecule has 0 saturated carbocycles. The highest BCUT2D eigenvalue weighted by atomic mass is 16.3. The maximum absolute atomic E-state index is 12.2. The van der Waals surface area contributed by atoms with Gasteiger partial charge in [0.2, 0.25) is 0 Å². The number of carbonyl (C=O) groups excluding carboxylic acids is 1. The second-order valence-electron chi connectivity index (χ2n) is 6.04. The Hall–Kier alpha value is -2.18. The van der Waals surface area contributed by atoms with Crippen LogP contribution in [0.25, 0.3) is 10.9 Å². The Balaban J connectivity index is 1.68. The van der Waals surface area contributed by atoms with Crippen molar-refractivity contribution >= 4 is 16.8 Å². The first-order valence-corrected chi connectivity index (χ1v) is 7.86. The molecule has 2 heterocycles. The van der Waals surface area contributed by atoms with Gasteiger partial charge in [-0.1, -0.05) is 12.1 Å². The number of aliphatic hydroxyl groups is 1. The van der Waals surface area contributed by atoms with Crippen LogP contribution in [0.15, 0.2) is 29.1 Å². The summed E-state index contributed by atoms with van der Waals surface area (Å²) in [6.07, 6.45) is 0.524. The van der Waals surface area contributed by atoms with E-state index in [1.807, 2.05) is 19.1 Å². The molecule has 3 N–H and O–H groups in total. The minimum Gasteiger partial charge on any atom is -0.392 e. The quantitative estimate of drug-likeness (QED) is 0.773. The van der Waals surface area contributed by atoms with Crippen LogP contribution in [0.1, 0.15) is 22.5 Å². The summed E-state index contributed by atoms with van der Waals surface area (Å²) in [5, 5.41) is 12.9. The van der Waals surface area contributed by atoms with Gasteiger partial charge in [0.05, 0.1) is 11.6 Å². The van der Waals surface area contributed by atoms with Gasteiger partial charge in [0.1, 0.15) is 5.69 Å². The summed E-state index contributed by atoms with van der Waals surface area (Å²) in [5.41, 5.74) is 1.69. The fraction of sp³-hybridized carbons (Fsp3) is 0.412. The van der Waals surface area contributed by atoms with E-state index in [0.717, 1.165) is 18.5 Å². The Morgan fingerprint density at radius 3 is 3.04 bits per heavy atom. The van der Waals surface area contributed by atoms with Crippen molar-refractivity contribution in [3.05, 3.63) is 45.7 Å². The van der Waals surface area contributed by atoms with E-state index in [1.165, 1.54) is 6.07 Å². The van der Waals surface area contributed by atoms with E-state index in [1.54, 1.807) is 6.07 Å². The first-order valence-electron chi connectivity index (χ1n) is 7.86. The number of nitrogens with one attached hydrogen (secondary N) is 2. The van der Waals surface area contributed by atoms with Crippen LogP contribution >= 0.6 is 0 Å². The van der Waals surface area contributed by atoms with Gasteiger partial charge in [-0.2, -0.15) is 0 Å². The zero-order chi connectivity index (χ0) is 16.4. The Morgan fingerprint density at radius 1 is 1.48 bits per heavy atom. The highest BCUT2D eigenvalue weighted by Gasteiger charge is 2.19. The standard InChI is InChI=1S/C17H21N3O3/c1-11-3-2-4-13-16(11)15(22)9-14(19-13)17(23)18-6-8-20-7-5-12(21)10-20/h2-4,9,12,21H,5-8,10H2,1H3,(H,18,23)(H,19,22)/t12-/m1/s1. The number of fused-ring (bicyclic) bond motifs is 1. The Kier molecular flexibility index (Phi) is 4.45. The number of benzene rings is 1. The third kappa shape index (κ3) is 3.43. The van der Waals surface area contributed by atoms with Crippen molar-refractivity contribution in [1.82, 2.24) is 15.2 Å². The van der Waals surface area contributed by atoms with E-state index < -0.39 is 0 Å². The van der Waals surface area contributed by atoms with Crippen molar-refractivity contribution in [2.75, 3.05) is 26.2 Å². The molecule has 1 aliphatic heterocycles. The SMILES string of the molecule is Cc1cccc2[nH]c(C(=O)NCCN3CC[C@@H](O)C3)cc(=O)c12. The van der Waals surface area contributed by atoms with Crippen LogP contribution in [0.3, 0.4) is 0 Å². The normalized spacial score (nSPS) is 18.4. The molecule has 1 saturated heterocycles. The number of aryl methyl sites for hydroxylation is 1. The van der Waals surface area contributed by atoms with E-state index in [-0.39, 0.29) is 23.1 Å². The summed E-state index contributed by atoms with van der Waals surface area (Å²) in [5.74, 6) is -0.287. The van der Waals surface area contributed by atoms with E-state index in [9.17, 15) is 14.7 Å². The fourth-order valence-corrected chi connectivity index (χ4v) is 3.04. The first kappa shape index (κ1) is 15.7. The molecule has 23 heavy (non-hydrogen) atoms. The topological polar surface area (TPSA) is 85.4 Å². The number of aliphatic hydroxyl groups excluding tert-OH is 1. The molecular weight excluding hydrogens is 294 g/mol. The highest BCUT2D eigenvalue weighted by molar-refractivity contribution is 5.95. The van der Waals surface area contributed by atoms with Crippen LogP contribution in [0.4, 0.5) is 0 Å². The van der Waals surface area contributed by atoms with Crippen LogP contribution in [0.2, 0.25) is 0 Å². The van der Waals surface area contributed by atoms with Gasteiger partial charge >= 0.3 is 0 Å². The number of aromatic nitrogens is 1. The molecule has 3 rings (SSSR count). The predicted octanol–water partition coefficient (Wildman–Crippen LogP) is 0.633. The Labute approximate surface area is 134 Å². The van der Waals surface area contributed by atoms with Gasteiger partial charge < -0.3 is 15.4 Å². The number of β-amino-alcohol motifs (C(OH)–C–C–N with tert-alkyl or cyclic N) is 1. The van der Waals surface area contributed by atoms with E-state index in [2.05, 4.69) is 15.2 Å². The number of rotatable bonds is 4. The molecular formula is C17H21N3O3. The number of likely N-dealkylation sites (tertiary alicyclic amines) is 1. The second kappa shape index (κ2) is 6.52. The van der Waals surface area contributed by atoms with Crippen molar-refractivity contribution in [1.29, 1.82) is 0 Å². The predicted molar refractivity (Wildman–Crippen MR) is 88.7 cm³/mol. The lowest BCUT2D eigenvalue weighted by Gasteiger charge is -2.15. The van der Waals surface area contributed by atoms with Gasteiger partial charge in [-0.05, 0) is 25.0 Å². The molecule has 0 aliphatic carbocycles. The number of pyridine rings is 1. The number of amides is 1. The molecule has 6 heteroatoms. The summed E-state index contributed by atoms with van der Waals surface area (Å²) < 4.78 is 0. The molecule has 0 bridgehead atoms. The number of aromatic amines is 1. The summed E-state index contributed by atoms with van der Waals surface area (Å²) >= 11 is 0. The van der Waals surface area contributed by atoms with E-state index >= 15 is 0 Å². The number of hydrogen-bond acceptors (Lipinski definition) is 4. The molecule has 0 spiro atoms. The highest BCUT2D eigenvalue weighted by Crippen LogP contribution is 2.12. The van der Waals surface area contributed by atoms with Gasteiger partial charge in [0.25, 0.3) is 5.91 Å². The third-order valence-corrected chi connectivity index (χ3v) is 4.27. The van der Waals surface area contributed by atoms with Crippen molar-refractivity contribution < 1.29 is 9.90 Å². The lowest BCUT2D eigenvalue weighted by Crippen LogP contribution is -2.34. The van der Waals surface area contributed by atoms with Gasteiger partial charge in [0, 0.05) is 37.6 Å². The summed E-state index contributed by atoms with van der Waals surface area (Å²) in [4.78, 5) is 29.6. The fourth-order valence-electron chi connectivity index (χ4n) is 3.04. The molecule has 1 atom stereocenters. The third-order valence-electron chi connectivity index (χ3n) is 4.27. The van der Waals surface area contributed by atoms with Gasteiger partial charge in [-0.3, -0.25) is 14.5 Å². The summed E-state index contributed by atoms with van der Waals surface area (Å²) in [7, 11) is 0. The molecule has 1 aromatic heterocycles. The number of hydrogen-bond donors (Lipinski definition) is 3. The van der Waals surface area contributed by atoms with Crippen molar-refractivity contribution in [2.45, 2.75) is 19.4 Å². The molecule has 0 radical (unpaired) electrons. The molecule has 2 aromatic rings. The molecule has 1 amide bonds. The number of H-pyrrole nitrogens is 1. The van der Waals surface area contributed by atoms with Gasteiger partial charge in [0.15, 0.2) is 5.43 Å².